The molecular formula is C8H3BrClN3. The molecule has 5 heteroatoms. The zero-order chi connectivity index (χ0) is 9.84. The molecular weight excluding hydrogens is 253 g/mol. The Morgan fingerprint density at radius 1 is 1.69 bits per heavy atom. The maximum absolute atomic E-state index is 8.63. The summed E-state index contributed by atoms with van der Waals surface area (Å²) in [5.74, 6) is 0. The maximum atomic E-state index is 8.63. The van der Waals surface area contributed by atoms with Crippen LogP contribution in [0.25, 0.3) is 4.85 Å². The normalized spacial score (nSPS) is 11.4. The average molecular weight is 256 g/mol. The van der Waals surface area contributed by atoms with Crippen LogP contribution in [-0.2, 0) is 0 Å². The van der Waals surface area contributed by atoms with Gasteiger partial charge in [-0.3, -0.25) is 4.85 Å². The quantitative estimate of drug-likeness (QED) is 0.572. The van der Waals surface area contributed by atoms with E-state index in [4.69, 9.17) is 23.4 Å². The summed E-state index contributed by atoms with van der Waals surface area (Å²) in [5.41, 5.74) is 0.366. The zero-order valence-electron chi connectivity index (χ0n) is 6.33. The maximum Gasteiger partial charge on any atom is 0.349 e. The molecule has 0 bridgehead atoms. The van der Waals surface area contributed by atoms with Gasteiger partial charge in [0.05, 0.1) is 0 Å². The molecule has 1 aromatic rings. The SMILES string of the molecule is [C-]#[N+]C(C#N)c1nc(Cl)ccc1Br. The van der Waals surface area contributed by atoms with E-state index >= 15 is 0 Å². The number of nitriles is 1. The smallest absolute Gasteiger partial charge is 0.290 e. The summed E-state index contributed by atoms with van der Waals surface area (Å²) < 4.78 is 0.624. The standard InChI is InChI=1S/C8H3BrClN3/c1-12-6(4-11)8-5(9)2-3-7(10)13-8/h2-3,6H. The lowest BCUT2D eigenvalue weighted by atomic mass is 10.2. The first-order valence-corrected chi connectivity index (χ1v) is 4.44. The van der Waals surface area contributed by atoms with Crippen LogP contribution in [0.15, 0.2) is 16.6 Å². The van der Waals surface area contributed by atoms with E-state index in [0.29, 0.717) is 10.2 Å². The Labute approximate surface area is 88.9 Å². The van der Waals surface area contributed by atoms with Crippen LogP contribution < -0.4 is 0 Å². The molecule has 1 atom stereocenters. The van der Waals surface area contributed by atoms with Gasteiger partial charge in [0.15, 0.2) is 11.8 Å². The summed E-state index contributed by atoms with van der Waals surface area (Å²) >= 11 is 8.83. The number of halogens is 2. The van der Waals surface area contributed by atoms with Gasteiger partial charge >= 0.3 is 6.04 Å². The number of nitrogens with zero attached hydrogens (tertiary/aromatic N) is 3. The number of aromatic nitrogens is 1. The highest BCUT2D eigenvalue weighted by atomic mass is 79.9. The van der Waals surface area contributed by atoms with E-state index in [-0.39, 0.29) is 5.15 Å². The summed E-state index contributed by atoms with van der Waals surface area (Å²) in [4.78, 5) is 7.01. The monoisotopic (exact) mass is 255 g/mol. The predicted molar refractivity (Wildman–Crippen MR) is 51.9 cm³/mol. The molecule has 0 aliphatic heterocycles. The van der Waals surface area contributed by atoms with E-state index in [0.717, 1.165) is 0 Å². The van der Waals surface area contributed by atoms with Crippen LogP contribution in [0.1, 0.15) is 11.7 Å². The molecule has 64 valence electrons. The highest BCUT2D eigenvalue weighted by molar-refractivity contribution is 9.10. The summed E-state index contributed by atoms with van der Waals surface area (Å²) in [5, 5.41) is 8.91. The number of pyridine rings is 1. The van der Waals surface area contributed by atoms with Crippen LogP contribution in [0, 0.1) is 17.9 Å². The van der Waals surface area contributed by atoms with Gasteiger partial charge in [-0.1, -0.05) is 11.6 Å². The van der Waals surface area contributed by atoms with Crippen LogP contribution in [0.5, 0.6) is 0 Å². The third-order valence-corrected chi connectivity index (χ3v) is 2.23. The first kappa shape index (κ1) is 9.98. The van der Waals surface area contributed by atoms with E-state index in [1.807, 2.05) is 6.07 Å². The number of hydrogen-bond acceptors (Lipinski definition) is 2. The third kappa shape index (κ3) is 2.18. The van der Waals surface area contributed by atoms with E-state index < -0.39 is 6.04 Å². The second kappa shape index (κ2) is 4.23. The number of rotatable bonds is 1. The van der Waals surface area contributed by atoms with Gasteiger partial charge in [0, 0.05) is 4.47 Å². The highest BCUT2D eigenvalue weighted by Crippen LogP contribution is 2.25. The van der Waals surface area contributed by atoms with Crippen LogP contribution in [-0.4, -0.2) is 4.98 Å². The van der Waals surface area contributed by atoms with Crippen LogP contribution in [0.4, 0.5) is 0 Å². The number of hydrogen-bond donors (Lipinski definition) is 0. The lowest BCUT2D eigenvalue weighted by Gasteiger charge is -1.99. The van der Waals surface area contributed by atoms with E-state index in [1.54, 1.807) is 12.1 Å². The van der Waals surface area contributed by atoms with Crippen LogP contribution in [0.3, 0.4) is 0 Å². The molecule has 0 radical (unpaired) electrons. The molecule has 0 saturated heterocycles. The van der Waals surface area contributed by atoms with Crippen molar-refractivity contribution < 1.29 is 0 Å². The molecule has 0 saturated carbocycles. The van der Waals surface area contributed by atoms with Crippen molar-refractivity contribution in [2.24, 2.45) is 0 Å². The lowest BCUT2D eigenvalue weighted by molar-refractivity contribution is 0.987. The third-order valence-electron chi connectivity index (χ3n) is 1.35. The molecule has 1 unspecified atom stereocenters. The van der Waals surface area contributed by atoms with E-state index in [2.05, 4.69) is 25.8 Å². The van der Waals surface area contributed by atoms with Gasteiger partial charge in [0.25, 0.3) is 0 Å². The Kier molecular flexibility index (Phi) is 3.25. The van der Waals surface area contributed by atoms with Crippen molar-refractivity contribution in [1.29, 1.82) is 5.26 Å². The minimum absolute atomic E-state index is 0.280. The van der Waals surface area contributed by atoms with Crippen molar-refractivity contribution in [3.8, 4) is 6.07 Å². The van der Waals surface area contributed by atoms with Gasteiger partial charge < -0.3 is 0 Å². The average Bonchev–Trinajstić information content (AvgIpc) is 2.13. The lowest BCUT2D eigenvalue weighted by Crippen LogP contribution is -1.95. The second-order valence-electron chi connectivity index (χ2n) is 2.16. The minimum Gasteiger partial charge on any atom is -0.290 e. The Morgan fingerprint density at radius 2 is 2.38 bits per heavy atom. The molecule has 0 aliphatic carbocycles. The fourth-order valence-electron chi connectivity index (χ4n) is 0.776. The van der Waals surface area contributed by atoms with Gasteiger partial charge in [-0.2, -0.15) is 5.26 Å². The van der Waals surface area contributed by atoms with Crippen molar-refractivity contribution >= 4 is 27.5 Å². The highest BCUT2D eigenvalue weighted by Gasteiger charge is 2.19. The van der Waals surface area contributed by atoms with Gasteiger partial charge in [0.2, 0.25) is 0 Å². The van der Waals surface area contributed by atoms with Gasteiger partial charge in [0.1, 0.15) is 5.15 Å². The summed E-state index contributed by atoms with van der Waals surface area (Å²) in [6.07, 6.45) is 0. The summed E-state index contributed by atoms with van der Waals surface area (Å²) in [7, 11) is 0. The molecule has 1 heterocycles. The van der Waals surface area contributed by atoms with E-state index in [9.17, 15) is 0 Å². The first-order valence-electron chi connectivity index (χ1n) is 3.27. The van der Waals surface area contributed by atoms with Crippen molar-refractivity contribution in [3.05, 3.63) is 38.9 Å². The largest absolute Gasteiger partial charge is 0.349 e. The molecule has 0 aliphatic rings. The van der Waals surface area contributed by atoms with Crippen molar-refractivity contribution in [2.45, 2.75) is 6.04 Å². The van der Waals surface area contributed by atoms with Gasteiger partial charge in [-0.25, -0.2) is 11.6 Å². The van der Waals surface area contributed by atoms with Crippen LogP contribution in [0.2, 0.25) is 5.15 Å². The summed E-state index contributed by atoms with van der Waals surface area (Å²) in [6.45, 7) is 6.76. The van der Waals surface area contributed by atoms with Crippen molar-refractivity contribution in [2.75, 3.05) is 0 Å². The molecule has 0 aromatic carbocycles. The Balaban J connectivity index is 3.23. The van der Waals surface area contributed by atoms with Crippen molar-refractivity contribution in [1.82, 2.24) is 4.98 Å². The van der Waals surface area contributed by atoms with E-state index in [1.165, 1.54) is 0 Å². The fourth-order valence-corrected chi connectivity index (χ4v) is 1.37. The zero-order valence-corrected chi connectivity index (χ0v) is 8.67. The van der Waals surface area contributed by atoms with Gasteiger partial charge in [-0.05, 0) is 28.1 Å². The van der Waals surface area contributed by atoms with Crippen LogP contribution >= 0.6 is 27.5 Å². The predicted octanol–water partition coefficient (Wildman–Crippen LogP) is 2.98. The first-order chi connectivity index (χ1) is 6.19. The molecule has 0 spiro atoms. The minimum atomic E-state index is -0.895. The molecule has 3 nitrogen and oxygen atoms in total. The molecule has 13 heavy (non-hydrogen) atoms. The molecule has 0 N–H and O–H groups in total. The Bertz CT molecular complexity index is 391. The molecule has 1 aromatic heterocycles. The van der Waals surface area contributed by atoms with Gasteiger partial charge in [-0.15, -0.1) is 0 Å². The Morgan fingerprint density at radius 3 is 2.92 bits per heavy atom. The topological polar surface area (TPSA) is 41.0 Å². The molecule has 0 amide bonds. The fraction of sp³-hybridized carbons (Fsp3) is 0.125. The second-order valence-corrected chi connectivity index (χ2v) is 3.40. The summed E-state index contributed by atoms with van der Waals surface area (Å²) in [6, 6.07) is 4.19. The Hall–Kier alpha value is -1.10. The molecule has 0 fully saturated rings. The molecule has 1 rings (SSSR count). The van der Waals surface area contributed by atoms with Crippen molar-refractivity contribution in [3.63, 3.8) is 0 Å².